The summed E-state index contributed by atoms with van der Waals surface area (Å²) < 4.78 is 44.6. The van der Waals surface area contributed by atoms with E-state index in [1.165, 1.54) is 0 Å². The minimum atomic E-state index is -1.40. The first-order valence-electron chi connectivity index (χ1n) is 8.45. The first-order chi connectivity index (χ1) is 11.5. The molecule has 0 aliphatic heterocycles. The molecule has 0 heterocycles. The van der Waals surface area contributed by atoms with E-state index in [0.29, 0.717) is 18.1 Å². The molecule has 1 aromatic carbocycles. The van der Waals surface area contributed by atoms with E-state index in [1.54, 1.807) is 0 Å². The molecule has 0 saturated heterocycles. The number of esters is 1. The number of carbonyl (C=O) groups is 1. The zero-order valence-corrected chi connectivity index (χ0v) is 13.7. The number of benzene rings is 1. The van der Waals surface area contributed by atoms with Crippen molar-refractivity contribution in [3.63, 3.8) is 0 Å². The van der Waals surface area contributed by atoms with E-state index in [9.17, 15) is 18.0 Å². The highest BCUT2D eigenvalue weighted by molar-refractivity contribution is 5.81. The molecule has 1 aromatic rings. The van der Waals surface area contributed by atoms with Crippen molar-refractivity contribution in [2.75, 3.05) is 6.61 Å². The number of unbranched alkanes of at least 4 members (excludes halogenated alkanes) is 1. The van der Waals surface area contributed by atoms with E-state index in [1.807, 2.05) is 0 Å². The summed E-state index contributed by atoms with van der Waals surface area (Å²) >= 11 is 0. The van der Waals surface area contributed by atoms with Gasteiger partial charge in [-0.1, -0.05) is 13.0 Å². The van der Waals surface area contributed by atoms with Crippen molar-refractivity contribution in [3.05, 3.63) is 47.8 Å². The van der Waals surface area contributed by atoms with Crippen molar-refractivity contribution in [1.82, 2.24) is 0 Å². The van der Waals surface area contributed by atoms with Crippen LogP contribution >= 0.6 is 0 Å². The standard InChI is InChI=1S/C19H23F3O2/c1-2-18(23)24-10-4-3-5-13-6-8-14(9-7-13)15-11-16(20)19(22)17(21)12-15/h2,11-14H,1,3-10H2. The summed E-state index contributed by atoms with van der Waals surface area (Å²) in [7, 11) is 0. The molecule has 0 bridgehead atoms. The van der Waals surface area contributed by atoms with Crippen LogP contribution in [0.1, 0.15) is 56.4 Å². The van der Waals surface area contributed by atoms with Gasteiger partial charge >= 0.3 is 5.97 Å². The highest BCUT2D eigenvalue weighted by Crippen LogP contribution is 2.38. The van der Waals surface area contributed by atoms with Gasteiger partial charge in [0.1, 0.15) is 0 Å². The van der Waals surface area contributed by atoms with Crippen LogP contribution in [0.5, 0.6) is 0 Å². The van der Waals surface area contributed by atoms with Gasteiger partial charge in [-0.05, 0) is 68.1 Å². The van der Waals surface area contributed by atoms with Crippen molar-refractivity contribution >= 4 is 5.97 Å². The molecule has 24 heavy (non-hydrogen) atoms. The van der Waals surface area contributed by atoms with Gasteiger partial charge in [0.25, 0.3) is 0 Å². The quantitative estimate of drug-likeness (QED) is 0.292. The Morgan fingerprint density at radius 2 is 1.75 bits per heavy atom. The van der Waals surface area contributed by atoms with Crippen LogP contribution in [-0.2, 0) is 9.53 Å². The molecule has 0 amide bonds. The molecule has 1 aliphatic rings. The normalized spacial score (nSPS) is 20.6. The highest BCUT2D eigenvalue weighted by atomic mass is 19.2. The summed E-state index contributed by atoms with van der Waals surface area (Å²) in [5.74, 6) is -3.33. The average Bonchev–Trinajstić information content (AvgIpc) is 2.59. The maximum Gasteiger partial charge on any atom is 0.330 e. The van der Waals surface area contributed by atoms with E-state index in [4.69, 9.17) is 4.74 Å². The first-order valence-corrected chi connectivity index (χ1v) is 8.45. The third kappa shape index (κ3) is 5.11. The largest absolute Gasteiger partial charge is 0.463 e. The lowest BCUT2D eigenvalue weighted by molar-refractivity contribution is -0.137. The Morgan fingerprint density at radius 1 is 1.12 bits per heavy atom. The molecule has 0 unspecified atom stereocenters. The van der Waals surface area contributed by atoms with Crippen molar-refractivity contribution in [1.29, 1.82) is 0 Å². The van der Waals surface area contributed by atoms with Crippen LogP contribution in [0, 0.1) is 23.4 Å². The fourth-order valence-corrected chi connectivity index (χ4v) is 3.36. The van der Waals surface area contributed by atoms with E-state index in [-0.39, 0.29) is 5.92 Å². The third-order valence-electron chi connectivity index (χ3n) is 4.74. The van der Waals surface area contributed by atoms with Crippen molar-refractivity contribution in [2.45, 2.75) is 50.9 Å². The molecule has 132 valence electrons. The monoisotopic (exact) mass is 340 g/mol. The van der Waals surface area contributed by atoms with Gasteiger partial charge in [0.05, 0.1) is 6.61 Å². The van der Waals surface area contributed by atoms with Crippen LogP contribution in [0.2, 0.25) is 0 Å². The van der Waals surface area contributed by atoms with Crippen LogP contribution < -0.4 is 0 Å². The fraction of sp³-hybridized carbons (Fsp3) is 0.526. The molecule has 1 aliphatic carbocycles. The zero-order chi connectivity index (χ0) is 17.5. The molecular formula is C19H23F3O2. The summed E-state index contributed by atoms with van der Waals surface area (Å²) in [4.78, 5) is 10.9. The number of hydrogen-bond donors (Lipinski definition) is 0. The summed E-state index contributed by atoms with van der Waals surface area (Å²) in [5.41, 5.74) is 0.557. The van der Waals surface area contributed by atoms with Crippen LogP contribution in [0.25, 0.3) is 0 Å². The topological polar surface area (TPSA) is 26.3 Å². The Hall–Kier alpha value is -1.78. The Balaban J connectivity index is 1.72. The van der Waals surface area contributed by atoms with E-state index in [2.05, 4.69) is 6.58 Å². The number of carbonyl (C=O) groups excluding carboxylic acids is 1. The minimum Gasteiger partial charge on any atom is -0.463 e. The van der Waals surface area contributed by atoms with Gasteiger partial charge in [-0.2, -0.15) is 0 Å². The predicted molar refractivity (Wildman–Crippen MR) is 86.0 cm³/mol. The predicted octanol–water partition coefficient (Wildman–Crippen LogP) is 5.28. The lowest BCUT2D eigenvalue weighted by Gasteiger charge is -2.29. The van der Waals surface area contributed by atoms with Crippen LogP contribution in [-0.4, -0.2) is 12.6 Å². The van der Waals surface area contributed by atoms with Gasteiger partial charge in [-0.3, -0.25) is 0 Å². The fourth-order valence-electron chi connectivity index (χ4n) is 3.36. The van der Waals surface area contributed by atoms with Gasteiger partial charge in [0.2, 0.25) is 0 Å². The third-order valence-corrected chi connectivity index (χ3v) is 4.74. The molecule has 0 atom stereocenters. The van der Waals surface area contributed by atoms with E-state index < -0.39 is 23.4 Å². The molecule has 0 radical (unpaired) electrons. The van der Waals surface area contributed by atoms with Gasteiger partial charge < -0.3 is 4.74 Å². The number of ether oxygens (including phenoxy) is 1. The molecule has 1 fully saturated rings. The van der Waals surface area contributed by atoms with Crippen LogP contribution in [0.3, 0.4) is 0 Å². The number of rotatable bonds is 7. The minimum absolute atomic E-state index is 0.0967. The molecular weight excluding hydrogens is 317 g/mol. The van der Waals surface area contributed by atoms with E-state index in [0.717, 1.165) is 63.2 Å². The molecule has 2 rings (SSSR count). The number of hydrogen-bond acceptors (Lipinski definition) is 2. The van der Waals surface area contributed by atoms with Gasteiger partial charge in [0, 0.05) is 6.08 Å². The van der Waals surface area contributed by atoms with Gasteiger partial charge in [-0.25, -0.2) is 18.0 Å². The van der Waals surface area contributed by atoms with E-state index >= 15 is 0 Å². The molecule has 0 N–H and O–H groups in total. The Labute approximate surface area is 140 Å². The maximum atomic E-state index is 13.3. The number of halogens is 3. The Bertz CT molecular complexity index is 555. The second-order valence-corrected chi connectivity index (χ2v) is 6.38. The summed E-state index contributed by atoms with van der Waals surface area (Å²) in [6, 6.07) is 2.24. The summed E-state index contributed by atoms with van der Waals surface area (Å²) in [6.45, 7) is 3.75. The highest BCUT2D eigenvalue weighted by Gasteiger charge is 2.24. The first kappa shape index (κ1) is 18.6. The average molecular weight is 340 g/mol. The lowest BCUT2D eigenvalue weighted by atomic mass is 9.77. The van der Waals surface area contributed by atoms with Gasteiger partial charge in [-0.15, -0.1) is 0 Å². The summed E-state index contributed by atoms with van der Waals surface area (Å²) in [6.07, 6.45) is 7.75. The van der Waals surface area contributed by atoms with Crippen LogP contribution in [0.15, 0.2) is 24.8 Å². The Kier molecular flexibility index (Phi) is 6.88. The lowest BCUT2D eigenvalue weighted by Crippen LogP contribution is -2.14. The van der Waals surface area contributed by atoms with Gasteiger partial charge in [0.15, 0.2) is 17.5 Å². The molecule has 0 spiro atoms. The maximum absolute atomic E-state index is 13.3. The second-order valence-electron chi connectivity index (χ2n) is 6.38. The molecule has 5 heteroatoms. The summed E-state index contributed by atoms with van der Waals surface area (Å²) in [5, 5.41) is 0. The SMILES string of the molecule is C=CC(=O)OCCCCC1CCC(c2cc(F)c(F)c(F)c2)CC1. The Morgan fingerprint density at radius 3 is 2.33 bits per heavy atom. The van der Waals surface area contributed by atoms with Crippen LogP contribution in [0.4, 0.5) is 13.2 Å². The second kappa shape index (κ2) is 8.90. The molecule has 2 nitrogen and oxygen atoms in total. The molecule has 0 aromatic heterocycles. The van der Waals surface area contributed by atoms with Crippen molar-refractivity contribution in [2.24, 2.45) is 5.92 Å². The molecule has 1 saturated carbocycles. The van der Waals surface area contributed by atoms with Crippen molar-refractivity contribution in [3.8, 4) is 0 Å². The van der Waals surface area contributed by atoms with Crippen molar-refractivity contribution < 1.29 is 22.7 Å². The zero-order valence-electron chi connectivity index (χ0n) is 13.7. The smallest absolute Gasteiger partial charge is 0.330 e.